The Labute approximate surface area is 124 Å². The standard InChI is InChI=1S/C14H20N2O4S/c1-14(2,9-4-5-9)16-13(17)11-8-10(21(15,18)19)6-7-12(11)20-3/h6-9H,4-5H2,1-3H3,(H,16,17)(H2,15,18,19). The van der Waals surface area contributed by atoms with Gasteiger partial charge in [-0.05, 0) is 50.8 Å². The number of benzene rings is 1. The number of carbonyl (C=O) groups is 1. The number of sulfonamides is 1. The van der Waals surface area contributed by atoms with Gasteiger partial charge in [-0.25, -0.2) is 13.6 Å². The second-order valence-electron chi connectivity index (χ2n) is 5.86. The summed E-state index contributed by atoms with van der Waals surface area (Å²) < 4.78 is 28.0. The fourth-order valence-electron chi connectivity index (χ4n) is 2.31. The van der Waals surface area contributed by atoms with Gasteiger partial charge in [-0.2, -0.15) is 0 Å². The van der Waals surface area contributed by atoms with Crippen LogP contribution in [-0.2, 0) is 10.0 Å². The van der Waals surface area contributed by atoms with E-state index in [9.17, 15) is 13.2 Å². The summed E-state index contributed by atoms with van der Waals surface area (Å²) in [6, 6.07) is 3.99. The molecule has 0 atom stereocenters. The Bertz CT molecular complexity index is 664. The topological polar surface area (TPSA) is 98.5 Å². The van der Waals surface area contributed by atoms with Crippen LogP contribution in [0, 0.1) is 5.92 Å². The van der Waals surface area contributed by atoms with E-state index in [1.807, 2.05) is 13.8 Å². The number of hydrogen-bond donors (Lipinski definition) is 2. The molecular weight excluding hydrogens is 292 g/mol. The highest BCUT2D eigenvalue weighted by Gasteiger charge is 2.39. The predicted octanol–water partition coefficient (Wildman–Crippen LogP) is 1.26. The quantitative estimate of drug-likeness (QED) is 0.855. The van der Waals surface area contributed by atoms with Gasteiger partial charge in [0.05, 0.1) is 17.6 Å². The van der Waals surface area contributed by atoms with E-state index in [4.69, 9.17) is 9.88 Å². The highest BCUT2D eigenvalue weighted by atomic mass is 32.2. The largest absolute Gasteiger partial charge is 0.496 e. The maximum atomic E-state index is 12.4. The molecule has 0 radical (unpaired) electrons. The molecule has 116 valence electrons. The minimum Gasteiger partial charge on any atom is -0.496 e. The van der Waals surface area contributed by atoms with Gasteiger partial charge in [0.2, 0.25) is 10.0 Å². The molecule has 1 amide bonds. The molecule has 1 aromatic carbocycles. The van der Waals surface area contributed by atoms with Gasteiger partial charge in [-0.1, -0.05) is 0 Å². The molecule has 0 aliphatic heterocycles. The molecule has 1 saturated carbocycles. The zero-order chi connectivity index (χ0) is 15.8. The molecule has 0 spiro atoms. The van der Waals surface area contributed by atoms with Gasteiger partial charge in [0.25, 0.3) is 5.91 Å². The Morgan fingerprint density at radius 1 is 1.38 bits per heavy atom. The molecule has 0 unspecified atom stereocenters. The Kier molecular flexibility index (Phi) is 3.99. The van der Waals surface area contributed by atoms with Gasteiger partial charge in [0, 0.05) is 5.54 Å². The number of nitrogens with two attached hydrogens (primary N) is 1. The van der Waals surface area contributed by atoms with Crippen molar-refractivity contribution in [2.75, 3.05) is 7.11 Å². The van der Waals surface area contributed by atoms with Gasteiger partial charge < -0.3 is 10.1 Å². The first-order valence-electron chi connectivity index (χ1n) is 6.68. The number of nitrogens with one attached hydrogen (secondary N) is 1. The van der Waals surface area contributed by atoms with E-state index in [2.05, 4.69) is 5.32 Å². The van der Waals surface area contributed by atoms with E-state index in [1.165, 1.54) is 25.3 Å². The maximum absolute atomic E-state index is 12.4. The normalized spacial score (nSPS) is 15.6. The number of amides is 1. The summed E-state index contributed by atoms with van der Waals surface area (Å²) in [6.45, 7) is 3.91. The number of hydrogen-bond acceptors (Lipinski definition) is 4. The summed E-state index contributed by atoms with van der Waals surface area (Å²) in [6.07, 6.45) is 2.17. The molecule has 21 heavy (non-hydrogen) atoms. The second kappa shape index (κ2) is 5.31. The molecular formula is C14H20N2O4S. The summed E-state index contributed by atoms with van der Waals surface area (Å²) in [5, 5.41) is 8.04. The van der Waals surface area contributed by atoms with Gasteiger partial charge in [-0.15, -0.1) is 0 Å². The zero-order valence-electron chi connectivity index (χ0n) is 12.3. The van der Waals surface area contributed by atoms with E-state index in [1.54, 1.807) is 0 Å². The molecule has 6 nitrogen and oxygen atoms in total. The zero-order valence-corrected chi connectivity index (χ0v) is 13.2. The molecule has 1 aliphatic carbocycles. The van der Waals surface area contributed by atoms with Crippen LogP contribution in [-0.4, -0.2) is 27.0 Å². The molecule has 1 aliphatic rings. The van der Waals surface area contributed by atoms with Crippen molar-refractivity contribution in [1.29, 1.82) is 0 Å². The molecule has 3 N–H and O–H groups in total. The number of methoxy groups -OCH3 is 1. The van der Waals surface area contributed by atoms with E-state index in [0.717, 1.165) is 12.8 Å². The van der Waals surface area contributed by atoms with Crippen molar-refractivity contribution in [3.8, 4) is 5.75 Å². The maximum Gasteiger partial charge on any atom is 0.255 e. The van der Waals surface area contributed by atoms with Crippen LogP contribution < -0.4 is 15.2 Å². The van der Waals surface area contributed by atoms with Crippen LogP contribution in [0.3, 0.4) is 0 Å². The lowest BCUT2D eigenvalue weighted by Gasteiger charge is -2.26. The fourth-order valence-corrected chi connectivity index (χ4v) is 2.85. The van der Waals surface area contributed by atoms with E-state index >= 15 is 0 Å². The van der Waals surface area contributed by atoms with Gasteiger partial charge >= 0.3 is 0 Å². The average molecular weight is 312 g/mol. The van der Waals surface area contributed by atoms with Crippen LogP contribution in [0.2, 0.25) is 0 Å². The van der Waals surface area contributed by atoms with Crippen molar-refractivity contribution in [1.82, 2.24) is 5.32 Å². The van der Waals surface area contributed by atoms with Crippen LogP contribution in [0.4, 0.5) is 0 Å². The Hall–Kier alpha value is -1.60. The van der Waals surface area contributed by atoms with Crippen molar-refractivity contribution in [2.24, 2.45) is 11.1 Å². The third kappa shape index (κ3) is 3.54. The summed E-state index contributed by atoms with van der Waals surface area (Å²) in [7, 11) is -2.44. The highest BCUT2D eigenvalue weighted by molar-refractivity contribution is 7.89. The van der Waals surface area contributed by atoms with Crippen LogP contribution in [0.5, 0.6) is 5.75 Å². The lowest BCUT2D eigenvalue weighted by molar-refractivity contribution is 0.0900. The van der Waals surface area contributed by atoms with E-state index in [0.29, 0.717) is 11.7 Å². The molecule has 0 bridgehead atoms. The Balaban J connectivity index is 2.34. The molecule has 2 rings (SSSR count). The van der Waals surface area contributed by atoms with Crippen molar-refractivity contribution in [2.45, 2.75) is 37.1 Å². The molecule has 0 aromatic heterocycles. The van der Waals surface area contributed by atoms with Crippen molar-refractivity contribution >= 4 is 15.9 Å². The third-order valence-corrected chi connectivity index (χ3v) is 4.69. The average Bonchev–Trinajstić information content (AvgIpc) is 3.20. The predicted molar refractivity (Wildman–Crippen MR) is 78.6 cm³/mol. The van der Waals surface area contributed by atoms with E-state index < -0.39 is 10.0 Å². The molecule has 7 heteroatoms. The summed E-state index contributed by atoms with van der Waals surface area (Å²) in [5.74, 6) is 0.398. The first-order valence-corrected chi connectivity index (χ1v) is 8.23. The summed E-state index contributed by atoms with van der Waals surface area (Å²) in [4.78, 5) is 12.3. The number of primary sulfonamides is 1. The lowest BCUT2D eigenvalue weighted by Crippen LogP contribution is -2.45. The Morgan fingerprint density at radius 2 is 2.00 bits per heavy atom. The first-order chi connectivity index (χ1) is 9.65. The minimum absolute atomic E-state index is 0.113. The van der Waals surface area contributed by atoms with E-state index in [-0.39, 0.29) is 21.9 Å². The fraction of sp³-hybridized carbons (Fsp3) is 0.500. The Morgan fingerprint density at radius 3 is 2.48 bits per heavy atom. The van der Waals surface area contributed by atoms with Crippen molar-refractivity contribution < 1.29 is 17.9 Å². The smallest absolute Gasteiger partial charge is 0.255 e. The third-order valence-electron chi connectivity index (χ3n) is 3.78. The summed E-state index contributed by atoms with van der Waals surface area (Å²) >= 11 is 0. The van der Waals surface area contributed by atoms with Crippen LogP contribution in [0.15, 0.2) is 23.1 Å². The molecule has 1 aromatic rings. The molecule has 1 fully saturated rings. The number of carbonyl (C=O) groups excluding carboxylic acids is 1. The lowest BCUT2D eigenvalue weighted by atomic mass is 9.98. The monoisotopic (exact) mass is 312 g/mol. The first kappa shape index (κ1) is 15.8. The second-order valence-corrected chi connectivity index (χ2v) is 7.42. The SMILES string of the molecule is COc1ccc(S(N)(=O)=O)cc1C(=O)NC(C)(C)C1CC1. The van der Waals surface area contributed by atoms with Crippen LogP contribution in [0.25, 0.3) is 0 Å². The van der Waals surface area contributed by atoms with Crippen LogP contribution in [0.1, 0.15) is 37.0 Å². The molecule has 0 saturated heterocycles. The van der Waals surface area contributed by atoms with Crippen molar-refractivity contribution in [3.63, 3.8) is 0 Å². The van der Waals surface area contributed by atoms with Gasteiger partial charge in [0.1, 0.15) is 5.75 Å². The molecule has 0 heterocycles. The number of ether oxygens (including phenoxy) is 1. The van der Waals surface area contributed by atoms with Crippen LogP contribution >= 0.6 is 0 Å². The minimum atomic E-state index is -3.87. The highest BCUT2D eigenvalue weighted by Crippen LogP contribution is 2.39. The summed E-state index contributed by atoms with van der Waals surface area (Å²) in [5.41, 5.74) is -0.169. The van der Waals surface area contributed by atoms with Gasteiger partial charge in [-0.3, -0.25) is 4.79 Å². The van der Waals surface area contributed by atoms with Gasteiger partial charge in [0.15, 0.2) is 0 Å². The number of rotatable bonds is 5. The van der Waals surface area contributed by atoms with Crippen molar-refractivity contribution in [3.05, 3.63) is 23.8 Å².